The second-order valence-corrected chi connectivity index (χ2v) is 3.77. The van der Waals surface area contributed by atoms with Crippen LogP contribution in [-0.2, 0) is 6.42 Å². The first kappa shape index (κ1) is 7.00. The van der Waals surface area contributed by atoms with Gasteiger partial charge < -0.3 is 5.73 Å². The molecule has 2 nitrogen and oxygen atoms in total. The molecule has 0 saturated carbocycles. The van der Waals surface area contributed by atoms with Crippen molar-refractivity contribution >= 4 is 17.1 Å². The molecule has 2 N–H and O–H groups in total. The molecule has 0 spiro atoms. The highest BCUT2D eigenvalue weighted by Gasteiger charge is 2.24. The lowest BCUT2D eigenvalue weighted by molar-refractivity contribution is 0.0949. The highest BCUT2D eigenvalue weighted by Crippen LogP contribution is 2.25. The van der Waals surface area contributed by atoms with Gasteiger partial charge in [0.15, 0.2) is 5.78 Å². The summed E-state index contributed by atoms with van der Waals surface area (Å²) >= 11 is 1.65. The van der Waals surface area contributed by atoms with E-state index < -0.39 is 0 Å². The number of fused-ring (bicyclic) bond motifs is 1. The maximum absolute atomic E-state index is 11.4. The van der Waals surface area contributed by atoms with E-state index in [0.717, 1.165) is 18.4 Å². The Kier molecular flexibility index (Phi) is 1.55. The average Bonchev–Trinajstić information content (AvgIpc) is 2.45. The Morgan fingerprint density at radius 3 is 3.27 bits per heavy atom. The van der Waals surface area contributed by atoms with E-state index >= 15 is 0 Å². The van der Waals surface area contributed by atoms with Crippen molar-refractivity contribution in [3.63, 3.8) is 0 Å². The fourth-order valence-corrected chi connectivity index (χ4v) is 2.27. The molecule has 3 heteroatoms. The van der Waals surface area contributed by atoms with E-state index in [4.69, 9.17) is 5.73 Å². The summed E-state index contributed by atoms with van der Waals surface area (Å²) in [6.45, 7) is 0. The van der Waals surface area contributed by atoms with E-state index in [9.17, 15) is 4.79 Å². The third-order valence-electron chi connectivity index (χ3n) is 2.03. The summed E-state index contributed by atoms with van der Waals surface area (Å²) < 4.78 is 0. The van der Waals surface area contributed by atoms with Gasteiger partial charge in [-0.05, 0) is 24.3 Å². The monoisotopic (exact) mass is 167 g/mol. The minimum Gasteiger partial charge on any atom is -0.321 e. The number of Topliss-reactive ketones (excluding diaryl/α,β-unsaturated/α-hetero) is 1. The Hall–Kier alpha value is -0.670. The van der Waals surface area contributed by atoms with Crippen LogP contribution < -0.4 is 5.73 Å². The van der Waals surface area contributed by atoms with Crippen molar-refractivity contribution in [1.29, 1.82) is 0 Å². The van der Waals surface area contributed by atoms with Crippen molar-refractivity contribution < 1.29 is 4.79 Å². The lowest BCUT2D eigenvalue weighted by Gasteiger charge is -2.15. The van der Waals surface area contributed by atoms with E-state index in [1.807, 2.05) is 11.4 Å². The Labute approximate surface area is 69.0 Å². The van der Waals surface area contributed by atoms with Crippen LogP contribution in [0, 0.1) is 0 Å². The summed E-state index contributed by atoms with van der Waals surface area (Å²) in [6, 6.07) is 1.62. The zero-order valence-corrected chi connectivity index (χ0v) is 6.86. The SMILES string of the molecule is N[C@@H]1CCc2sccc2C1=O. The van der Waals surface area contributed by atoms with Gasteiger partial charge in [-0.2, -0.15) is 0 Å². The molecule has 2 rings (SSSR count). The van der Waals surface area contributed by atoms with Crippen LogP contribution in [-0.4, -0.2) is 11.8 Å². The maximum Gasteiger partial charge on any atom is 0.180 e. The molecule has 1 aromatic heterocycles. The molecule has 0 fully saturated rings. The first-order valence-corrected chi connectivity index (χ1v) is 4.53. The van der Waals surface area contributed by atoms with Crippen molar-refractivity contribution in [1.82, 2.24) is 0 Å². The fraction of sp³-hybridized carbons (Fsp3) is 0.375. The lowest BCUT2D eigenvalue weighted by Crippen LogP contribution is -2.34. The van der Waals surface area contributed by atoms with Crippen molar-refractivity contribution in [2.75, 3.05) is 0 Å². The predicted molar refractivity (Wildman–Crippen MR) is 44.9 cm³/mol. The largest absolute Gasteiger partial charge is 0.321 e. The third kappa shape index (κ3) is 1.01. The molecular weight excluding hydrogens is 158 g/mol. The molecule has 1 heterocycles. The lowest BCUT2D eigenvalue weighted by atomic mass is 9.94. The van der Waals surface area contributed by atoms with E-state index in [1.54, 1.807) is 11.3 Å². The summed E-state index contributed by atoms with van der Waals surface area (Å²) in [4.78, 5) is 12.6. The molecule has 1 aliphatic carbocycles. The zero-order chi connectivity index (χ0) is 7.84. The van der Waals surface area contributed by atoms with Crippen LogP contribution in [0.15, 0.2) is 11.4 Å². The quantitative estimate of drug-likeness (QED) is 0.631. The minimum atomic E-state index is -0.253. The Morgan fingerprint density at radius 2 is 2.45 bits per heavy atom. The van der Waals surface area contributed by atoms with Crippen LogP contribution in [0.25, 0.3) is 0 Å². The number of thiophene rings is 1. The molecule has 58 valence electrons. The summed E-state index contributed by atoms with van der Waals surface area (Å²) in [5.41, 5.74) is 6.46. The molecule has 0 aromatic carbocycles. The highest BCUT2D eigenvalue weighted by molar-refractivity contribution is 7.10. The number of hydrogen-bond acceptors (Lipinski definition) is 3. The summed E-state index contributed by atoms with van der Waals surface area (Å²) in [6.07, 6.45) is 1.78. The molecular formula is C8H9NOS. The zero-order valence-electron chi connectivity index (χ0n) is 6.04. The average molecular weight is 167 g/mol. The number of aryl methyl sites for hydroxylation is 1. The van der Waals surface area contributed by atoms with Crippen molar-refractivity contribution in [2.24, 2.45) is 5.73 Å². The van der Waals surface area contributed by atoms with Gasteiger partial charge in [0.05, 0.1) is 6.04 Å². The predicted octanol–water partition coefficient (Wildman–Crippen LogP) is 1.20. The number of rotatable bonds is 0. The molecule has 11 heavy (non-hydrogen) atoms. The van der Waals surface area contributed by atoms with Gasteiger partial charge in [0, 0.05) is 10.4 Å². The molecule has 0 saturated heterocycles. The number of carbonyl (C=O) groups excluding carboxylic acids is 1. The molecule has 0 amide bonds. The number of nitrogens with two attached hydrogens (primary N) is 1. The topological polar surface area (TPSA) is 43.1 Å². The fourth-order valence-electron chi connectivity index (χ4n) is 1.37. The van der Waals surface area contributed by atoms with Gasteiger partial charge >= 0.3 is 0 Å². The Bertz CT molecular complexity index is 292. The van der Waals surface area contributed by atoms with E-state index in [1.165, 1.54) is 4.88 Å². The highest BCUT2D eigenvalue weighted by atomic mass is 32.1. The second-order valence-electron chi connectivity index (χ2n) is 2.77. The minimum absolute atomic E-state index is 0.118. The molecule has 1 atom stereocenters. The number of ketones is 1. The molecule has 1 aliphatic rings. The smallest absolute Gasteiger partial charge is 0.180 e. The maximum atomic E-state index is 11.4. The molecule has 0 unspecified atom stereocenters. The molecule has 0 bridgehead atoms. The third-order valence-corrected chi connectivity index (χ3v) is 3.01. The van der Waals surface area contributed by atoms with Gasteiger partial charge in [-0.1, -0.05) is 0 Å². The van der Waals surface area contributed by atoms with Gasteiger partial charge in [0.2, 0.25) is 0 Å². The van der Waals surface area contributed by atoms with Crippen molar-refractivity contribution in [3.8, 4) is 0 Å². The van der Waals surface area contributed by atoms with Gasteiger partial charge in [0.1, 0.15) is 0 Å². The van der Waals surface area contributed by atoms with Crippen LogP contribution in [0.5, 0.6) is 0 Å². The summed E-state index contributed by atoms with van der Waals surface area (Å²) in [7, 11) is 0. The van der Waals surface area contributed by atoms with Crippen LogP contribution in [0.1, 0.15) is 21.7 Å². The van der Waals surface area contributed by atoms with E-state index in [0.29, 0.717) is 0 Å². The van der Waals surface area contributed by atoms with Crippen molar-refractivity contribution in [2.45, 2.75) is 18.9 Å². The van der Waals surface area contributed by atoms with Gasteiger partial charge in [-0.3, -0.25) is 4.79 Å². The Morgan fingerprint density at radius 1 is 1.64 bits per heavy atom. The van der Waals surface area contributed by atoms with Crippen LogP contribution in [0.4, 0.5) is 0 Å². The summed E-state index contributed by atoms with van der Waals surface area (Å²) in [5, 5.41) is 1.96. The van der Waals surface area contributed by atoms with Crippen LogP contribution in [0.2, 0.25) is 0 Å². The standard InChI is InChI=1S/C8H9NOS/c9-6-1-2-7-5(8(6)10)3-4-11-7/h3-4,6H,1-2,9H2/t6-/m1/s1. The first-order chi connectivity index (χ1) is 5.29. The second kappa shape index (κ2) is 2.43. The molecule has 1 aromatic rings. The van der Waals surface area contributed by atoms with Crippen LogP contribution >= 0.6 is 11.3 Å². The summed E-state index contributed by atoms with van der Waals surface area (Å²) in [5.74, 6) is 0.118. The van der Waals surface area contributed by atoms with Gasteiger partial charge in [0.25, 0.3) is 0 Å². The van der Waals surface area contributed by atoms with Gasteiger partial charge in [-0.25, -0.2) is 0 Å². The first-order valence-electron chi connectivity index (χ1n) is 3.65. The van der Waals surface area contributed by atoms with E-state index in [-0.39, 0.29) is 11.8 Å². The van der Waals surface area contributed by atoms with Gasteiger partial charge in [-0.15, -0.1) is 11.3 Å². The van der Waals surface area contributed by atoms with Crippen molar-refractivity contribution in [3.05, 3.63) is 21.9 Å². The molecule has 0 aliphatic heterocycles. The normalized spacial score (nSPS) is 23.4. The Balaban J connectivity index is 2.46. The molecule has 0 radical (unpaired) electrons. The van der Waals surface area contributed by atoms with Crippen LogP contribution in [0.3, 0.4) is 0 Å². The number of carbonyl (C=O) groups is 1. The number of hydrogen-bond donors (Lipinski definition) is 1. The van der Waals surface area contributed by atoms with E-state index in [2.05, 4.69) is 0 Å².